The normalized spacial score (nSPS) is 28.0. The smallest absolute Gasteiger partial charge is 0.411 e. The molecule has 2 aromatic rings. The van der Waals surface area contributed by atoms with Crippen LogP contribution in [-0.4, -0.2) is 82.6 Å². The standard InChI is InChI=1S/C31H31N3O9/c1-4-11-43-30(41)33-16-7-5-14(6-8-16)17-9-10-20(35)22-18(17)12-15-13-19-24(34(2)3)26(37)23(29(32)40)28(39)31(19,42)27(38)21(15)25(22)36/h4-10,15,19,21,23-24,35,42H,1,11-13H2,2-3H3,(H2,32,40)(H,33,41). The number of hydrogen-bond donors (Lipinski definition) is 4. The molecule has 0 saturated heterocycles. The first-order valence-corrected chi connectivity index (χ1v) is 13.7. The molecule has 5 rings (SSSR count). The summed E-state index contributed by atoms with van der Waals surface area (Å²) in [6.07, 6.45) is 0.856. The first-order chi connectivity index (χ1) is 20.3. The van der Waals surface area contributed by atoms with Crippen LogP contribution in [0.3, 0.4) is 0 Å². The highest BCUT2D eigenvalue weighted by Gasteiger charge is 2.69. The second-order valence-corrected chi connectivity index (χ2v) is 11.4. The molecule has 12 nitrogen and oxygen atoms in total. The highest BCUT2D eigenvalue weighted by atomic mass is 16.5. The van der Waals surface area contributed by atoms with Crippen LogP contribution in [0.25, 0.3) is 11.1 Å². The Labute approximate surface area is 246 Å². The molecule has 0 aromatic heterocycles. The molecule has 0 bridgehead atoms. The molecule has 2 amide bonds. The number of likely N-dealkylation sites (N-methyl/N-ethyl adjacent to an activating group) is 1. The predicted octanol–water partition coefficient (Wildman–Crippen LogP) is 1.27. The number of carbonyl (C=O) groups excluding carboxylic acids is 6. The summed E-state index contributed by atoms with van der Waals surface area (Å²) in [7, 11) is 3.06. The number of fused-ring (bicyclic) bond motifs is 3. The summed E-state index contributed by atoms with van der Waals surface area (Å²) in [4.78, 5) is 79.9. The van der Waals surface area contributed by atoms with Crippen molar-refractivity contribution >= 4 is 40.8 Å². The van der Waals surface area contributed by atoms with E-state index in [1.165, 1.54) is 31.1 Å². The molecule has 3 aliphatic carbocycles. The van der Waals surface area contributed by atoms with E-state index >= 15 is 0 Å². The van der Waals surface area contributed by atoms with E-state index in [-0.39, 0.29) is 30.8 Å². The maximum Gasteiger partial charge on any atom is 0.411 e. The Balaban J connectivity index is 1.54. The van der Waals surface area contributed by atoms with Gasteiger partial charge in [-0.15, -0.1) is 0 Å². The number of nitrogens with zero attached hydrogens (tertiary/aromatic N) is 1. The number of hydrogen-bond acceptors (Lipinski definition) is 10. The van der Waals surface area contributed by atoms with E-state index < -0.39 is 70.4 Å². The quantitative estimate of drug-likeness (QED) is 0.282. The number of phenolic OH excluding ortho intramolecular Hbond substituents is 1. The van der Waals surface area contributed by atoms with Gasteiger partial charge in [-0.1, -0.05) is 30.9 Å². The fourth-order valence-corrected chi connectivity index (χ4v) is 6.90. The number of carbonyl (C=O) groups is 6. The number of aromatic hydroxyl groups is 1. The van der Waals surface area contributed by atoms with Crippen LogP contribution in [0.15, 0.2) is 49.1 Å². The number of anilines is 1. The molecule has 2 saturated carbocycles. The average molecular weight is 590 g/mol. The van der Waals surface area contributed by atoms with Crippen LogP contribution in [-0.2, 0) is 30.3 Å². The summed E-state index contributed by atoms with van der Waals surface area (Å²) in [5.41, 5.74) is 4.66. The number of nitrogens with one attached hydrogen (secondary N) is 1. The summed E-state index contributed by atoms with van der Waals surface area (Å²) >= 11 is 0. The lowest BCUT2D eigenvalue weighted by Gasteiger charge is -2.52. The van der Waals surface area contributed by atoms with Crippen LogP contribution in [0.4, 0.5) is 10.5 Å². The van der Waals surface area contributed by atoms with E-state index in [9.17, 15) is 39.0 Å². The fourth-order valence-electron chi connectivity index (χ4n) is 6.90. The first-order valence-electron chi connectivity index (χ1n) is 13.7. The van der Waals surface area contributed by atoms with Crippen LogP contribution in [0.2, 0.25) is 0 Å². The van der Waals surface area contributed by atoms with Crippen LogP contribution >= 0.6 is 0 Å². The van der Waals surface area contributed by atoms with E-state index in [0.717, 1.165) is 0 Å². The Morgan fingerprint density at radius 2 is 1.79 bits per heavy atom. The number of benzene rings is 2. The second-order valence-electron chi connectivity index (χ2n) is 11.4. The molecule has 43 heavy (non-hydrogen) atoms. The maximum absolute atomic E-state index is 13.9. The minimum absolute atomic E-state index is 0.0455. The summed E-state index contributed by atoms with van der Waals surface area (Å²) in [6, 6.07) is 8.48. The summed E-state index contributed by atoms with van der Waals surface area (Å²) in [5.74, 6) is -11.0. The number of rotatable bonds is 6. The lowest BCUT2D eigenvalue weighted by molar-refractivity contribution is -0.181. The van der Waals surface area contributed by atoms with E-state index in [4.69, 9.17) is 10.5 Å². The van der Waals surface area contributed by atoms with Gasteiger partial charge in [-0.25, -0.2) is 4.79 Å². The van der Waals surface area contributed by atoms with Gasteiger partial charge in [-0.2, -0.15) is 0 Å². The van der Waals surface area contributed by atoms with Crippen molar-refractivity contribution in [1.29, 1.82) is 0 Å². The average Bonchev–Trinajstić information content (AvgIpc) is 2.94. The van der Waals surface area contributed by atoms with E-state index in [1.807, 2.05) is 0 Å². The highest BCUT2D eigenvalue weighted by Crippen LogP contribution is 2.51. The number of Topliss-reactive ketones (excluding diaryl/α,β-unsaturated/α-hetero) is 4. The molecular formula is C31H31N3O9. The first kappa shape index (κ1) is 29.8. The van der Waals surface area contributed by atoms with Gasteiger partial charge in [0, 0.05) is 11.6 Å². The zero-order chi connectivity index (χ0) is 31.4. The van der Waals surface area contributed by atoms with Gasteiger partial charge in [0.1, 0.15) is 12.4 Å². The number of primary amides is 1. The van der Waals surface area contributed by atoms with Gasteiger partial charge in [0.05, 0.1) is 17.5 Å². The lowest BCUT2D eigenvalue weighted by Crippen LogP contribution is -2.74. The Morgan fingerprint density at radius 1 is 1.12 bits per heavy atom. The molecule has 5 N–H and O–H groups in total. The summed E-state index contributed by atoms with van der Waals surface area (Å²) in [6.45, 7) is 3.53. The minimum atomic E-state index is -2.78. The van der Waals surface area contributed by atoms with Gasteiger partial charge in [-0.3, -0.25) is 34.2 Å². The third-order valence-corrected chi connectivity index (χ3v) is 8.72. The number of ether oxygens (including phenoxy) is 1. The fraction of sp³-hybridized carbons (Fsp3) is 0.355. The van der Waals surface area contributed by atoms with E-state index in [1.54, 1.807) is 30.3 Å². The SMILES string of the molecule is C=CCOC(=O)Nc1ccc(-c2ccc(O)c3c2CC2CC4C(N(C)C)C(=O)C(C(N)=O)C(=O)C4(O)C(=O)C2C3=O)cc1. The minimum Gasteiger partial charge on any atom is -0.507 e. The summed E-state index contributed by atoms with van der Waals surface area (Å²) in [5, 5.41) is 25.0. The molecule has 2 fully saturated rings. The van der Waals surface area contributed by atoms with Gasteiger partial charge < -0.3 is 20.7 Å². The van der Waals surface area contributed by atoms with E-state index in [0.29, 0.717) is 22.4 Å². The Kier molecular flexibility index (Phi) is 7.53. The topological polar surface area (TPSA) is 193 Å². The van der Waals surface area contributed by atoms with Crippen molar-refractivity contribution in [1.82, 2.24) is 4.90 Å². The van der Waals surface area contributed by atoms with E-state index in [2.05, 4.69) is 11.9 Å². The molecule has 0 aliphatic heterocycles. The van der Waals surface area contributed by atoms with Crippen molar-refractivity contribution < 1.29 is 43.7 Å². The Hall–Kier alpha value is -4.68. The van der Waals surface area contributed by atoms with Gasteiger partial charge in [0.15, 0.2) is 34.7 Å². The molecular weight excluding hydrogens is 558 g/mol. The highest BCUT2D eigenvalue weighted by molar-refractivity contribution is 6.32. The molecule has 2 aromatic carbocycles. The van der Waals surface area contributed by atoms with Crippen LogP contribution in [0.5, 0.6) is 5.75 Å². The van der Waals surface area contributed by atoms with Crippen molar-refractivity contribution in [2.24, 2.45) is 29.4 Å². The van der Waals surface area contributed by atoms with Crippen molar-refractivity contribution in [3.05, 3.63) is 60.2 Å². The molecule has 0 heterocycles. The number of nitrogens with two attached hydrogens (primary N) is 1. The van der Waals surface area contributed by atoms with Crippen molar-refractivity contribution in [2.45, 2.75) is 24.5 Å². The zero-order valence-corrected chi connectivity index (χ0v) is 23.5. The molecule has 224 valence electrons. The lowest BCUT2D eigenvalue weighted by atomic mass is 9.52. The number of amides is 2. The second kappa shape index (κ2) is 10.9. The van der Waals surface area contributed by atoms with Crippen molar-refractivity contribution in [3.8, 4) is 16.9 Å². The number of phenols is 1. The van der Waals surface area contributed by atoms with Crippen LogP contribution in [0, 0.1) is 23.7 Å². The molecule has 12 heteroatoms. The van der Waals surface area contributed by atoms with Gasteiger partial charge in [0.2, 0.25) is 5.91 Å². The third kappa shape index (κ3) is 4.63. The molecule has 0 spiro atoms. The Morgan fingerprint density at radius 3 is 2.40 bits per heavy atom. The van der Waals surface area contributed by atoms with Gasteiger partial charge in [0.25, 0.3) is 0 Å². The Bertz CT molecular complexity index is 1580. The van der Waals surface area contributed by atoms with Crippen LogP contribution < -0.4 is 11.1 Å². The largest absolute Gasteiger partial charge is 0.507 e. The van der Waals surface area contributed by atoms with Crippen molar-refractivity contribution in [2.75, 3.05) is 26.0 Å². The van der Waals surface area contributed by atoms with Crippen LogP contribution in [0.1, 0.15) is 22.3 Å². The predicted molar refractivity (Wildman–Crippen MR) is 152 cm³/mol. The molecule has 0 radical (unpaired) electrons. The number of ketones is 4. The molecule has 6 atom stereocenters. The van der Waals surface area contributed by atoms with Crippen molar-refractivity contribution in [3.63, 3.8) is 0 Å². The third-order valence-electron chi connectivity index (χ3n) is 8.72. The number of aliphatic hydroxyl groups is 1. The summed E-state index contributed by atoms with van der Waals surface area (Å²) < 4.78 is 4.92. The molecule has 6 unspecified atom stereocenters. The molecule has 3 aliphatic rings. The zero-order valence-electron chi connectivity index (χ0n) is 23.5. The monoisotopic (exact) mass is 589 g/mol. The maximum atomic E-state index is 13.9. The van der Waals surface area contributed by atoms with Gasteiger partial charge in [-0.05, 0) is 67.7 Å². The van der Waals surface area contributed by atoms with Gasteiger partial charge >= 0.3 is 6.09 Å².